The van der Waals surface area contributed by atoms with E-state index < -0.39 is 30.4 Å². The lowest BCUT2D eigenvalue weighted by atomic mass is 10.1. The van der Waals surface area contributed by atoms with Crippen LogP contribution in [0.5, 0.6) is 5.75 Å². The molecule has 180 valence electrons. The summed E-state index contributed by atoms with van der Waals surface area (Å²) in [5, 5.41) is 3.42. The zero-order valence-electron chi connectivity index (χ0n) is 18.6. The summed E-state index contributed by atoms with van der Waals surface area (Å²) < 4.78 is 15.4. The van der Waals surface area contributed by atoms with Crippen LogP contribution in [0.1, 0.15) is 36.7 Å². The molecule has 8 nitrogen and oxygen atoms in total. The Balaban J connectivity index is 0.00000544. The highest BCUT2D eigenvalue weighted by Gasteiger charge is 2.32. The Morgan fingerprint density at radius 1 is 1.03 bits per heavy atom. The molecule has 10 heteroatoms. The molecular formula is C23H28Cl2N2O6. The van der Waals surface area contributed by atoms with Gasteiger partial charge in [-0.2, -0.15) is 0 Å². The maximum Gasteiger partial charge on any atom is 0.352 e. The van der Waals surface area contributed by atoms with Crippen molar-refractivity contribution in [2.24, 2.45) is 5.73 Å². The minimum absolute atomic E-state index is 0. The van der Waals surface area contributed by atoms with Gasteiger partial charge >= 0.3 is 11.9 Å². The molecule has 0 aromatic heterocycles. The normalized spacial score (nSPS) is 11.5. The molecule has 0 aliphatic rings. The first kappa shape index (κ1) is 28.2. The molecule has 2 aromatic carbocycles. The second kappa shape index (κ2) is 13.0. The van der Waals surface area contributed by atoms with Gasteiger partial charge in [-0.25, -0.2) is 4.79 Å². The van der Waals surface area contributed by atoms with Gasteiger partial charge in [0.2, 0.25) is 6.79 Å². The molecule has 0 spiro atoms. The molecule has 0 bridgehead atoms. The van der Waals surface area contributed by atoms with Crippen LogP contribution < -0.4 is 15.8 Å². The van der Waals surface area contributed by atoms with Crippen LogP contribution in [0.25, 0.3) is 0 Å². The summed E-state index contributed by atoms with van der Waals surface area (Å²) in [7, 11) is 0. The largest absolute Gasteiger partial charge is 0.476 e. The van der Waals surface area contributed by atoms with Crippen LogP contribution in [0.3, 0.4) is 0 Å². The first-order valence-electron chi connectivity index (χ1n) is 9.99. The zero-order valence-corrected chi connectivity index (χ0v) is 20.2. The Hall–Kier alpha value is -2.81. The van der Waals surface area contributed by atoms with Crippen molar-refractivity contribution in [1.29, 1.82) is 0 Å². The lowest BCUT2D eigenvalue weighted by Crippen LogP contribution is -2.40. The number of esters is 2. The van der Waals surface area contributed by atoms with Crippen LogP contribution >= 0.6 is 24.0 Å². The molecule has 0 aliphatic carbocycles. The Morgan fingerprint density at radius 2 is 1.64 bits per heavy atom. The fourth-order valence-electron chi connectivity index (χ4n) is 2.53. The van der Waals surface area contributed by atoms with Crippen molar-refractivity contribution < 1.29 is 28.6 Å². The lowest BCUT2D eigenvalue weighted by molar-refractivity contribution is -0.177. The van der Waals surface area contributed by atoms with Crippen molar-refractivity contribution in [3.8, 4) is 5.75 Å². The van der Waals surface area contributed by atoms with Gasteiger partial charge in [0.15, 0.2) is 5.60 Å². The molecule has 1 amide bonds. The Kier molecular flexibility index (Phi) is 11.1. The average Bonchev–Trinajstić information content (AvgIpc) is 2.74. The van der Waals surface area contributed by atoms with Gasteiger partial charge in [-0.15, -0.1) is 12.4 Å². The third kappa shape index (κ3) is 9.29. The standard InChI is InChI=1S/C23H27ClN2O6.ClH/c1-15(25)21(28)30-14-31-22(29)23(2,3)32-19-10-4-16(5-11-19)12-13-26-20(27)17-6-8-18(24)9-7-17;/h4-11,15H,12-14,25H2,1-3H3,(H,26,27);1H/t15-;/m0./s1. The van der Waals surface area contributed by atoms with E-state index in [9.17, 15) is 14.4 Å². The fourth-order valence-corrected chi connectivity index (χ4v) is 2.66. The highest BCUT2D eigenvalue weighted by molar-refractivity contribution is 6.30. The molecule has 33 heavy (non-hydrogen) atoms. The average molecular weight is 499 g/mol. The predicted molar refractivity (Wildman–Crippen MR) is 127 cm³/mol. The number of hydrogen-bond acceptors (Lipinski definition) is 7. The molecule has 0 radical (unpaired) electrons. The van der Waals surface area contributed by atoms with Crippen LogP contribution in [0.4, 0.5) is 0 Å². The lowest BCUT2D eigenvalue weighted by Gasteiger charge is -2.24. The van der Waals surface area contributed by atoms with E-state index in [-0.39, 0.29) is 18.3 Å². The Morgan fingerprint density at radius 3 is 2.21 bits per heavy atom. The van der Waals surface area contributed by atoms with Crippen LogP contribution in [0.2, 0.25) is 5.02 Å². The van der Waals surface area contributed by atoms with E-state index in [1.165, 1.54) is 6.92 Å². The molecule has 0 aliphatic heterocycles. The summed E-state index contributed by atoms with van der Waals surface area (Å²) >= 11 is 5.83. The van der Waals surface area contributed by atoms with Crippen molar-refractivity contribution in [1.82, 2.24) is 5.32 Å². The highest BCUT2D eigenvalue weighted by Crippen LogP contribution is 2.20. The van der Waals surface area contributed by atoms with Gasteiger partial charge in [0, 0.05) is 17.1 Å². The van der Waals surface area contributed by atoms with E-state index in [0.29, 0.717) is 29.3 Å². The topological polar surface area (TPSA) is 117 Å². The summed E-state index contributed by atoms with van der Waals surface area (Å²) in [4.78, 5) is 35.6. The van der Waals surface area contributed by atoms with Crippen molar-refractivity contribution in [2.75, 3.05) is 13.3 Å². The third-order valence-corrected chi connectivity index (χ3v) is 4.61. The van der Waals surface area contributed by atoms with Crippen LogP contribution in [0, 0.1) is 0 Å². The number of carbonyl (C=O) groups is 3. The van der Waals surface area contributed by atoms with Crippen LogP contribution in [0.15, 0.2) is 48.5 Å². The third-order valence-electron chi connectivity index (χ3n) is 4.36. The molecule has 0 heterocycles. The number of carbonyl (C=O) groups excluding carboxylic acids is 3. The van der Waals surface area contributed by atoms with E-state index in [0.717, 1.165) is 5.56 Å². The van der Waals surface area contributed by atoms with Crippen LogP contribution in [-0.2, 0) is 25.5 Å². The molecular weight excluding hydrogens is 471 g/mol. The molecule has 3 N–H and O–H groups in total. The molecule has 0 saturated carbocycles. The van der Waals surface area contributed by atoms with E-state index >= 15 is 0 Å². The number of amides is 1. The molecule has 2 aromatic rings. The monoisotopic (exact) mass is 498 g/mol. The van der Waals surface area contributed by atoms with E-state index in [2.05, 4.69) is 5.32 Å². The summed E-state index contributed by atoms with van der Waals surface area (Å²) in [5.74, 6) is -1.07. The quantitative estimate of drug-likeness (QED) is 0.381. The van der Waals surface area contributed by atoms with Gasteiger partial charge in [0.1, 0.15) is 11.8 Å². The number of rotatable bonds is 10. The van der Waals surface area contributed by atoms with Crippen molar-refractivity contribution in [2.45, 2.75) is 38.8 Å². The predicted octanol–water partition coefficient (Wildman–Crippen LogP) is 3.28. The number of hydrogen-bond donors (Lipinski definition) is 2. The van der Waals surface area contributed by atoms with Gasteiger partial charge < -0.3 is 25.3 Å². The first-order valence-corrected chi connectivity index (χ1v) is 10.4. The number of nitrogens with one attached hydrogen (secondary N) is 1. The van der Waals surface area contributed by atoms with Gasteiger partial charge in [-0.1, -0.05) is 23.7 Å². The second-order valence-electron chi connectivity index (χ2n) is 7.57. The highest BCUT2D eigenvalue weighted by atomic mass is 35.5. The fraction of sp³-hybridized carbons (Fsp3) is 0.348. The molecule has 0 unspecified atom stereocenters. The van der Waals surface area contributed by atoms with Crippen LogP contribution in [-0.4, -0.2) is 42.8 Å². The summed E-state index contributed by atoms with van der Waals surface area (Å²) in [6, 6.07) is 13.0. The smallest absolute Gasteiger partial charge is 0.352 e. The van der Waals surface area contributed by atoms with Crippen molar-refractivity contribution in [3.05, 3.63) is 64.7 Å². The van der Waals surface area contributed by atoms with Crippen molar-refractivity contribution >= 4 is 41.9 Å². The maximum atomic E-state index is 12.2. The first-order chi connectivity index (χ1) is 15.1. The molecule has 0 saturated heterocycles. The van der Waals surface area contributed by atoms with E-state index in [1.807, 2.05) is 12.1 Å². The number of ether oxygens (including phenoxy) is 3. The molecule has 2 rings (SSSR count). The minimum Gasteiger partial charge on any atom is -0.476 e. The SMILES string of the molecule is C[C@H](N)C(=O)OCOC(=O)C(C)(C)Oc1ccc(CCNC(=O)c2ccc(Cl)cc2)cc1.Cl. The Bertz CT molecular complexity index is 931. The van der Waals surface area contributed by atoms with E-state index in [1.54, 1.807) is 50.2 Å². The summed E-state index contributed by atoms with van der Waals surface area (Å²) in [6.07, 6.45) is 0.621. The maximum absolute atomic E-state index is 12.2. The molecule has 1 atom stereocenters. The summed E-state index contributed by atoms with van der Waals surface area (Å²) in [6.45, 7) is 4.48. The summed E-state index contributed by atoms with van der Waals surface area (Å²) in [5.41, 5.74) is 5.59. The van der Waals surface area contributed by atoms with E-state index in [4.69, 9.17) is 31.5 Å². The van der Waals surface area contributed by atoms with Crippen molar-refractivity contribution in [3.63, 3.8) is 0 Å². The van der Waals surface area contributed by atoms with Gasteiger partial charge in [0.05, 0.1) is 0 Å². The Labute approximate surface area is 204 Å². The number of benzene rings is 2. The molecule has 0 fully saturated rings. The zero-order chi connectivity index (χ0) is 23.7. The minimum atomic E-state index is -1.30. The second-order valence-corrected chi connectivity index (χ2v) is 8.01. The number of nitrogens with two attached hydrogens (primary N) is 1. The van der Waals surface area contributed by atoms with Gasteiger partial charge in [-0.05, 0) is 69.2 Å². The number of halogens is 2. The van der Waals surface area contributed by atoms with Gasteiger partial charge in [-0.3, -0.25) is 9.59 Å². The van der Waals surface area contributed by atoms with Gasteiger partial charge in [0.25, 0.3) is 5.91 Å².